The number of aromatic amines is 1. The quantitative estimate of drug-likeness (QED) is 0.723. The molecule has 3 aromatic rings. The summed E-state index contributed by atoms with van der Waals surface area (Å²) in [6, 6.07) is 10.0. The minimum Gasteiger partial charge on any atom is -0.454 e. The Morgan fingerprint density at radius 3 is 3.00 bits per heavy atom. The van der Waals surface area contributed by atoms with Crippen molar-refractivity contribution >= 4 is 11.0 Å². The number of nitrogens with zero attached hydrogens (tertiary/aromatic N) is 1. The number of hydrogen-bond acceptors (Lipinski definition) is 3. The molecule has 0 saturated heterocycles. The van der Waals surface area contributed by atoms with Gasteiger partial charge in [-0.15, -0.1) is 0 Å². The maximum absolute atomic E-state index is 5.44. The molecule has 1 aliphatic rings. The molecule has 2 aromatic heterocycles. The molecule has 4 rings (SSSR count). The number of nitrogens with one attached hydrogen (secondary N) is 1. The van der Waals surface area contributed by atoms with Crippen molar-refractivity contribution in [3.05, 3.63) is 42.2 Å². The van der Waals surface area contributed by atoms with E-state index >= 15 is 0 Å². The second kappa shape index (κ2) is 3.75. The predicted octanol–water partition coefficient (Wildman–Crippen LogP) is 3.27. The third kappa shape index (κ3) is 1.50. The highest BCUT2D eigenvalue weighted by Crippen LogP contribution is 2.38. The molecule has 1 aromatic carbocycles. The van der Waals surface area contributed by atoms with E-state index in [1.807, 2.05) is 18.2 Å². The van der Waals surface area contributed by atoms with Crippen LogP contribution in [0, 0.1) is 6.92 Å². The molecule has 1 aliphatic heterocycles. The Hall–Kier alpha value is -2.49. The fraction of sp³-hybridized carbons (Fsp3) is 0.133. The molecule has 0 saturated carbocycles. The van der Waals surface area contributed by atoms with Crippen LogP contribution in [0.5, 0.6) is 11.5 Å². The smallest absolute Gasteiger partial charge is 0.231 e. The third-order valence-electron chi connectivity index (χ3n) is 3.42. The van der Waals surface area contributed by atoms with Crippen molar-refractivity contribution in [2.75, 3.05) is 6.79 Å². The summed E-state index contributed by atoms with van der Waals surface area (Å²) in [6.45, 7) is 2.36. The third-order valence-corrected chi connectivity index (χ3v) is 3.42. The summed E-state index contributed by atoms with van der Waals surface area (Å²) in [5, 5.41) is 1.12. The Kier molecular flexibility index (Phi) is 2.06. The van der Waals surface area contributed by atoms with Crippen LogP contribution in [0.1, 0.15) is 5.69 Å². The first kappa shape index (κ1) is 10.4. The molecule has 19 heavy (non-hydrogen) atoms. The Bertz CT molecular complexity index is 777. The fourth-order valence-corrected chi connectivity index (χ4v) is 2.57. The fourth-order valence-electron chi connectivity index (χ4n) is 2.57. The van der Waals surface area contributed by atoms with Crippen LogP contribution in [0.3, 0.4) is 0 Å². The van der Waals surface area contributed by atoms with Crippen molar-refractivity contribution in [3.63, 3.8) is 0 Å². The lowest BCUT2D eigenvalue weighted by Gasteiger charge is -2.03. The van der Waals surface area contributed by atoms with Crippen LogP contribution in [-0.2, 0) is 0 Å². The maximum Gasteiger partial charge on any atom is 0.231 e. The number of hydrogen-bond donors (Lipinski definition) is 1. The van der Waals surface area contributed by atoms with Crippen LogP contribution in [0.15, 0.2) is 36.5 Å². The highest BCUT2D eigenvalue weighted by atomic mass is 16.7. The van der Waals surface area contributed by atoms with Crippen molar-refractivity contribution in [1.82, 2.24) is 9.97 Å². The van der Waals surface area contributed by atoms with Crippen molar-refractivity contribution in [2.45, 2.75) is 6.92 Å². The van der Waals surface area contributed by atoms with E-state index in [-0.39, 0.29) is 0 Å². The summed E-state index contributed by atoms with van der Waals surface area (Å²) >= 11 is 0. The minimum absolute atomic E-state index is 0.299. The van der Waals surface area contributed by atoms with Crippen molar-refractivity contribution < 1.29 is 9.47 Å². The van der Waals surface area contributed by atoms with Crippen molar-refractivity contribution in [1.29, 1.82) is 0 Å². The van der Waals surface area contributed by atoms with Crippen LogP contribution in [0.2, 0.25) is 0 Å². The first-order valence-corrected chi connectivity index (χ1v) is 6.16. The van der Waals surface area contributed by atoms with E-state index in [2.05, 4.69) is 29.0 Å². The molecule has 4 nitrogen and oxygen atoms in total. The number of rotatable bonds is 1. The van der Waals surface area contributed by atoms with E-state index in [0.717, 1.165) is 33.8 Å². The largest absolute Gasteiger partial charge is 0.454 e. The van der Waals surface area contributed by atoms with Gasteiger partial charge in [-0.1, -0.05) is 6.07 Å². The SMILES string of the molecule is Cc1[nH]c2ncccc2c1-c1ccc2c(c1)OCO2. The summed E-state index contributed by atoms with van der Waals surface area (Å²) in [6.07, 6.45) is 1.79. The molecule has 0 bridgehead atoms. The number of pyridine rings is 1. The number of aromatic nitrogens is 2. The standard InChI is InChI=1S/C15H12N2O2/c1-9-14(11-3-2-6-16-15(11)17-9)10-4-5-12-13(7-10)19-8-18-12/h2-7H,8H2,1H3,(H,16,17). The molecule has 94 valence electrons. The number of ether oxygens (including phenoxy) is 2. The van der Waals surface area contributed by atoms with Crippen molar-refractivity contribution in [2.24, 2.45) is 0 Å². The van der Waals surface area contributed by atoms with E-state index < -0.39 is 0 Å². The van der Waals surface area contributed by atoms with Gasteiger partial charge >= 0.3 is 0 Å². The van der Waals surface area contributed by atoms with Gasteiger partial charge < -0.3 is 14.5 Å². The molecule has 1 N–H and O–H groups in total. The van der Waals surface area contributed by atoms with E-state index in [0.29, 0.717) is 6.79 Å². The van der Waals surface area contributed by atoms with E-state index in [9.17, 15) is 0 Å². The molecule has 0 atom stereocenters. The average molecular weight is 252 g/mol. The molecular weight excluding hydrogens is 240 g/mol. The summed E-state index contributed by atoms with van der Waals surface area (Å²) in [5.74, 6) is 1.61. The molecular formula is C15H12N2O2. The Morgan fingerprint density at radius 1 is 1.16 bits per heavy atom. The molecule has 0 radical (unpaired) electrons. The van der Waals surface area contributed by atoms with Crippen LogP contribution >= 0.6 is 0 Å². The molecule has 0 unspecified atom stereocenters. The predicted molar refractivity (Wildman–Crippen MR) is 72.4 cm³/mol. The number of benzene rings is 1. The number of aryl methyl sites for hydroxylation is 1. The number of fused-ring (bicyclic) bond motifs is 2. The van der Waals surface area contributed by atoms with Gasteiger partial charge in [-0.05, 0) is 36.8 Å². The molecule has 4 heteroatoms. The molecule has 0 aliphatic carbocycles. The normalized spacial score (nSPS) is 13.1. The lowest BCUT2D eigenvalue weighted by atomic mass is 10.0. The molecule has 3 heterocycles. The Balaban J connectivity index is 1.97. The lowest BCUT2D eigenvalue weighted by molar-refractivity contribution is 0.174. The molecule has 0 amide bonds. The van der Waals surface area contributed by atoms with E-state index in [4.69, 9.17) is 9.47 Å². The van der Waals surface area contributed by atoms with Gasteiger partial charge in [0, 0.05) is 22.8 Å². The highest BCUT2D eigenvalue weighted by molar-refractivity contribution is 5.95. The summed E-state index contributed by atoms with van der Waals surface area (Å²) in [5.41, 5.74) is 4.29. The average Bonchev–Trinajstić information content (AvgIpc) is 3.00. The van der Waals surface area contributed by atoms with Gasteiger partial charge in [-0.2, -0.15) is 0 Å². The second-order valence-corrected chi connectivity index (χ2v) is 4.59. The molecule has 0 fully saturated rings. The van der Waals surface area contributed by atoms with Crippen LogP contribution in [0.4, 0.5) is 0 Å². The van der Waals surface area contributed by atoms with Gasteiger partial charge in [0.2, 0.25) is 6.79 Å². The van der Waals surface area contributed by atoms with Crippen LogP contribution in [-0.4, -0.2) is 16.8 Å². The summed E-state index contributed by atoms with van der Waals surface area (Å²) < 4.78 is 10.8. The minimum atomic E-state index is 0.299. The monoisotopic (exact) mass is 252 g/mol. The van der Waals surface area contributed by atoms with Gasteiger partial charge in [0.15, 0.2) is 11.5 Å². The first-order chi connectivity index (χ1) is 9.33. The number of H-pyrrole nitrogens is 1. The first-order valence-electron chi connectivity index (χ1n) is 6.16. The van der Waals surface area contributed by atoms with Crippen LogP contribution in [0.25, 0.3) is 22.2 Å². The van der Waals surface area contributed by atoms with Crippen molar-refractivity contribution in [3.8, 4) is 22.6 Å². The van der Waals surface area contributed by atoms with Crippen LogP contribution < -0.4 is 9.47 Å². The Labute approximate surface area is 110 Å². The lowest BCUT2D eigenvalue weighted by Crippen LogP contribution is -1.92. The van der Waals surface area contributed by atoms with Gasteiger partial charge in [0.05, 0.1) is 0 Å². The Morgan fingerprint density at radius 2 is 2.05 bits per heavy atom. The zero-order chi connectivity index (χ0) is 12.8. The van der Waals surface area contributed by atoms with Gasteiger partial charge in [0.1, 0.15) is 5.65 Å². The molecule has 0 spiro atoms. The maximum atomic E-state index is 5.44. The van der Waals surface area contributed by atoms with E-state index in [1.54, 1.807) is 6.20 Å². The van der Waals surface area contributed by atoms with Gasteiger partial charge in [-0.3, -0.25) is 0 Å². The topological polar surface area (TPSA) is 47.1 Å². The van der Waals surface area contributed by atoms with E-state index in [1.165, 1.54) is 5.56 Å². The second-order valence-electron chi connectivity index (χ2n) is 4.59. The zero-order valence-electron chi connectivity index (χ0n) is 10.4. The summed E-state index contributed by atoms with van der Waals surface area (Å²) in [4.78, 5) is 7.66. The van der Waals surface area contributed by atoms with Gasteiger partial charge in [0.25, 0.3) is 0 Å². The summed E-state index contributed by atoms with van der Waals surface area (Å²) in [7, 11) is 0. The van der Waals surface area contributed by atoms with Gasteiger partial charge in [-0.25, -0.2) is 4.98 Å². The zero-order valence-corrected chi connectivity index (χ0v) is 10.4. The highest BCUT2D eigenvalue weighted by Gasteiger charge is 2.17.